The Bertz CT molecular complexity index is 1030. The fourth-order valence-electron chi connectivity index (χ4n) is 2.53. The highest BCUT2D eigenvalue weighted by Gasteiger charge is 2.30. The van der Waals surface area contributed by atoms with Gasteiger partial charge < -0.3 is 9.63 Å². The number of nitro groups is 1. The summed E-state index contributed by atoms with van der Waals surface area (Å²) in [5.74, 6) is -0.429. The quantitative estimate of drug-likeness (QED) is 0.431. The number of benzene rings is 1. The van der Waals surface area contributed by atoms with Gasteiger partial charge in [0.2, 0.25) is 0 Å². The molecule has 1 aromatic heterocycles. The minimum atomic E-state index is -3.90. The summed E-state index contributed by atoms with van der Waals surface area (Å²) in [5, 5.41) is 20.3. The molecule has 0 aliphatic heterocycles. The summed E-state index contributed by atoms with van der Waals surface area (Å²) in [6.45, 7) is 4.77. The van der Waals surface area contributed by atoms with Crippen LogP contribution in [-0.2, 0) is 21.1 Å². The maximum atomic E-state index is 12.6. The highest BCUT2D eigenvalue weighted by molar-refractivity contribution is 7.91. The van der Waals surface area contributed by atoms with Crippen LogP contribution in [-0.4, -0.2) is 35.5 Å². The molecule has 0 radical (unpaired) electrons. The van der Waals surface area contributed by atoms with Gasteiger partial charge in [-0.1, -0.05) is 20.8 Å². The average molecular weight is 419 g/mol. The number of nitro benzene ring substituents is 1. The predicted molar refractivity (Wildman–Crippen MR) is 98.4 cm³/mol. The van der Waals surface area contributed by atoms with E-state index in [9.17, 15) is 23.3 Å². The molecule has 1 N–H and O–H groups in total. The molecule has 0 saturated carbocycles. The van der Waals surface area contributed by atoms with Gasteiger partial charge in [-0.25, -0.2) is 8.42 Å². The van der Waals surface area contributed by atoms with Gasteiger partial charge in [-0.05, 0) is 12.1 Å². The van der Waals surface area contributed by atoms with Crippen LogP contribution in [0.2, 0.25) is 0 Å². The lowest BCUT2D eigenvalue weighted by atomic mass is 9.91. The first-order chi connectivity index (χ1) is 12.4. The van der Waals surface area contributed by atoms with Crippen LogP contribution in [0.15, 0.2) is 32.4 Å². The first-order valence-electron chi connectivity index (χ1n) is 7.88. The zero-order chi connectivity index (χ0) is 20.6. The van der Waals surface area contributed by atoms with Crippen molar-refractivity contribution in [1.29, 1.82) is 0 Å². The Labute approximate surface area is 160 Å². The van der Waals surface area contributed by atoms with E-state index >= 15 is 0 Å². The van der Waals surface area contributed by atoms with E-state index in [1.165, 1.54) is 0 Å². The van der Waals surface area contributed by atoms with Crippen molar-refractivity contribution in [3.8, 4) is 5.69 Å². The van der Waals surface area contributed by atoms with Crippen LogP contribution in [0, 0.1) is 10.1 Å². The maximum Gasteiger partial charge on any atom is 0.297 e. The van der Waals surface area contributed by atoms with Gasteiger partial charge >= 0.3 is 0 Å². The summed E-state index contributed by atoms with van der Waals surface area (Å²) in [5.41, 5.74) is -1.88. The number of aromatic nitrogens is 1. The SMILES string of the molecule is CC(C)(C)c1on(-c2ccc(S(=O)(=O)CCO)cc2[N+](=O)[O-])c(=O)c1CCl. The summed E-state index contributed by atoms with van der Waals surface area (Å²) in [6, 6.07) is 3.09. The summed E-state index contributed by atoms with van der Waals surface area (Å²) in [7, 11) is -3.90. The van der Waals surface area contributed by atoms with E-state index in [2.05, 4.69) is 0 Å². The Hall–Kier alpha value is -2.17. The van der Waals surface area contributed by atoms with E-state index < -0.39 is 43.8 Å². The van der Waals surface area contributed by atoms with Crippen molar-refractivity contribution in [3.63, 3.8) is 0 Å². The second-order valence-electron chi connectivity index (χ2n) is 6.83. The molecule has 0 aliphatic carbocycles. The molecular formula is C16H19ClN2O7S. The number of sulfone groups is 1. The number of hydrogen-bond acceptors (Lipinski definition) is 7. The summed E-state index contributed by atoms with van der Waals surface area (Å²) in [4.78, 5) is 23.0. The standard InChI is InChI=1S/C16H19ClN2O7S/c1-16(2,3)14-11(9-17)15(21)18(26-14)12-5-4-10(8-13(12)19(22)23)27(24,25)7-6-20/h4-5,8,20H,6-7,9H2,1-3H3. The third-order valence-electron chi connectivity index (χ3n) is 3.80. The number of hydrogen-bond donors (Lipinski definition) is 1. The third kappa shape index (κ3) is 4.07. The van der Waals surface area contributed by atoms with Gasteiger partial charge in [0.15, 0.2) is 15.5 Å². The van der Waals surface area contributed by atoms with Crippen LogP contribution in [0.4, 0.5) is 5.69 Å². The lowest BCUT2D eigenvalue weighted by molar-refractivity contribution is -0.385. The van der Waals surface area contributed by atoms with Crippen LogP contribution in [0.3, 0.4) is 0 Å². The Morgan fingerprint density at radius 1 is 1.33 bits per heavy atom. The van der Waals surface area contributed by atoms with Crippen molar-refractivity contribution in [2.75, 3.05) is 12.4 Å². The Kier molecular flexibility index (Phi) is 5.83. The first kappa shape index (κ1) is 21.1. The van der Waals surface area contributed by atoms with Crippen molar-refractivity contribution >= 4 is 27.1 Å². The van der Waals surface area contributed by atoms with E-state index in [4.69, 9.17) is 21.2 Å². The first-order valence-corrected chi connectivity index (χ1v) is 10.1. The molecular weight excluding hydrogens is 400 g/mol. The highest BCUT2D eigenvalue weighted by atomic mass is 35.5. The van der Waals surface area contributed by atoms with Gasteiger partial charge in [-0.2, -0.15) is 0 Å². The van der Waals surface area contributed by atoms with Gasteiger partial charge in [0.1, 0.15) is 5.76 Å². The zero-order valence-electron chi connectivity index (χ0n) is 14.9. The molecule has 0 spiro atoms. The van der Waals surface area contributed by atoms with E-state index in [-0.39, 0.29) is 27.8 Å². The third-order valence-corrected chi connectivity index (χ3v) is 5.76. The largest absolute Gasteiger partial charge is 0.395 e. The van der Waals surface area contributed by atoms with E-state index in [0.29, 0.717) is 0 Å². The smallest absolute Gasteiger partial charge is 0.297 e. The van der Waals surface area contributed by atoms with Gasteiger partial charge in [0.25, 0.3) is 11.2 Å². The molecule has 1 heterocycles. The van der Waals surface area contributed by atoms with Crippen molar-refractivity contribution < 1.29 is 23.0 Å². The molecule has 0 atom stereocenters. The molecule has 148 valence electrons. The molecule has 1 aromatic carbocycles. The Morgan fingerprint density at radius 3 is 2.41 bits per heavy atom. The summed E-state index contributed by atoms with van der Waals surface area (Å²) >= 11 is 5.86. The monoisotopic (exact) mass is 418 g/mol. The summed E-state index contributed by atoms with van der Waals surface area (Å²) < 4.78 is 30.5. The van der Waals surface area contributed by atoms with E-state index in [0.717, 1.165) is 22.9 Å². The average Bonchev–Trinajstić information content (AvgIpc) is 2.90. The van der Waals surface area contributed by atoms with Gasteiger partial charge in [-0.15, -0.1) is 16.3 Å². The molecule has 0 fully saturated rings. The molecule has 11 heteroatoms. The zero-order valence-corrected chi connectivity index (χ0v) is 16.5. The lowest BCUT2D eigenvalue weighted by Gasteiger charge is -2.15. The number of nitrogens with zero attached hydrogens (tertiary/aromatic N) is 2. The fraction of sp³-hybridized carbons (Fsp3) is 0.438. The molecule has 0 aliphatic rings. The van der Waals surface area contributed by atoms with Gasteiger partial charge in [0.05, 0.1) is 33.6 Å². The highest BCUT2D eigenvalue weighted by Crippen LogP contribution is 2.30. The van der Waals surface area contributed by atoms with Crippen LogP contribution < -0.4 is 5.56 Å². The molecule has 2 rings (SSSR count). The molecule has 27 heavy (non-hydrogen) atoms. The van der Waals surface area contributed by atoms with Crippen molar-refractivity contribution in [2.45, 2.75) is 37.0 Å². The maximum absolute atomic E-state index is 12.6. The minimum Gasteiger partial charge on any atom is -0.395 e. The van der Waals surface area contributed by atoms with Crippen LogP contribution in [0.25, 0.3) is 5.69 Å². The second-order valence-corrected chi connectivity index (χ2v) is 9.21. The molecule has 0 bridgehead atoms. The number of aliphatic hydroxyl groups excluding tert-OH is 1. The number of aliphatic hydroxyl groups is 1. The Balaban J connectivity index is 2.76. The van der Waals surface area contributed by atoms with Gasteiger partial charge in [-0.3, -0.25) is 14.9 Å². The lowest BCUT2D eigenvalue weighted by Crippen LogP contribution is -2.18. The topological polar surface area (TPSA) is 133 Å². The molecule has 0 amide bonds. The van der Waals surface area contributed by atoms with E-state index in [1.807, 2.05) is 0 Å². The predicted octanol–water partition coefficient (Wildman–Crippen LogP) is 2.14. The number of rotatable bonds is 6. The summed E-state index contributed by atoms with van der Waals surface area (Å²) in [6.07, 6.45) is 0. The van der Waals surface area contributed by atoms with Crippen molar-refractivity contribution in [1.82, 2.24) is 4.74 Å². The van der Waals surface area contributed by atoms with E-state index in [1.54, 1.807) is 20.8 Å². The minimum absolute atomic E-state index is 0.140. The second kappa shape index (κ2) is 7.45. The molecule has 9 nitrogen and oxygen atoms in total. The van der Waals surface area contributed by atoms with Crippen molar-refractivity contribution in [3.05, 3.63) is 50.0 Å². The van der Waals surface area contributed by atoms with Crippen LogP contribution >= 0.6 is 11.6 Å². The van der Waals surface area contributed by atoms with Gasteiger partial charge in [0, 0.05) is 11.5 Å². The van der Waals surface area contributed by atoms with Crippen LogP contribution in [0.1, 0.15) is 32.1 Å². The molecule has 2 aromatic rings. The number of halogens is 1. The molecule has 0 unspecified atom stereocenters. The number of alkyl halides is 1. The molecule has 0 saturated heterocycles. The fourth-order valence-corrected chi connectivity index (χ4v) is 3.80. The Morgan fingerprint density at radius 2 is 1.96 bits per heavy atom. The van der Waals surface area contributed by atoms with Crippen molar-refractivity contribution in [2.24, 2.45) is 0 Å². The normalized spacial score (nSPS) is 12.3. The van der Waals surface area contributed by atoms with Crippen LogP contribution in [0.5, 0.6) is 0 Å².